The van der Waals surface area contributed by atoms with Crippen LogP contribution in [0.4, 0.5) is 4.39 Å². The SMILES string of the molecule is O=C(C1=C([O-])C(=O)N(CCC[n+]2cc[nH]c2)C1c1cccc(F)c1)c1cc2ccccc2o1. The second-order valence-corrected chi connectivity index (χ2v) is 7.88. The molecule has 1 N–H and O–H groups in total. The van der Waals surface area contributed by atoms with E-state index in [-0.39, 0.29) is 17.9 Å². The first-order valence-electron chi connectivity index (χ1n) is 10.6. The molecule has 1 aliphatic heterocycles. The van der Waals surface area contributed by atoms with Crippen molar-refractivity contribution < 1.29 is 28.1 Å². The molecule has 0 spiro atoms. The highest BCUT2D eigenvalue weighted by atomic mass is 19.1. The maximum Gasteiger partial charge on any atom is 0.241 e. The van der Waals surface area contributed by atoms with Gasteiger partial charge in [-0.25, -0.2) is 8.96 Å². The average Bonchev–Trinajstić information content (AvgIpc) is 3.53. The van der Waals surface area contributed by atoms with Crippen LogP contribution in [0.1, 0.15) is 28.6 Å². The summed E-state index contributed by atoms with van der Waals surface area (Å²) in [5, 5.41) is 13.7. The minimum Gasteiger partial charge on any atom is -0.868 e. The van der Waals surface area contributed by atoms with Crippen molar-refractivity contribution >= 4 is 22.7 Å². The third kappa shape index (κ3) is 3.80. The number of ketones is 1. The molecule has 4 aromatic rings. The van der Waals surface area contributed by atoms with E-state index in [4.69, 9.17) is 4.42 Å². The van der Waals surface area contributed by atoms with E-state index in [0.29, 0.717) is 29.5 Å². The monoisotopic (exact) mass is 445 g/mol. The summed E-state index contributed by atoms with van der Waals surface area (Å²) in [6.45, 7) is 0.824. The van der Waals surface area contributed by atoms with Crippen molar-refractivity contribution in [3.8, 4) is 0 Å². The first-order chi connectivity index (χ1) is 16.0. The fraction of sp³-hybridized carbons (Fsp3) is 0.160. The molecular weight excluding hydrogens is 425 g/mol. The van der Waals surface area contributed by atoms with E-state index in [0.717, 1.165) is 0 Å². The second-order valence-electron chi connectivity index (χ2n) is 7.88. The van der Waals surface area contributed by atoms with Gasteiger partial charge in [-0.15, -0.1) is 0 Å². The maximum atomic E-state index is 14.1. The number of halogens is 1. The van der Waals surface area contributed by atoms with Gasteiger partial charge in [0, 0.05) is 23.9 Å². The molecule has 0 aliphatic carbocycles. The zero-order valence-corrected chi connectivity index (χ0v) is 17.5. The van der Waals surface area contributed by atoms with Crippen molar-refractivity contribution in [2.24, 2.45) is 0 Å². The number of nitrogens with zero attached hydrogens (tertiary/aromatic N) is 2. The van der Waals surface area contributed by atoms with Crippen molar-refractivity contribution in [1.29, 1.82) is 0 Å². The third-order valence-corrected chi connectivity index (χ3v) is 5.76. The Morgan fingerprint density at radius 3 is 2.79 bits per heavy atom. The van der Waals surface area contributed by atoms with E-state index in [9.17, 15) is 19.1 Å². The Kier molecular flexibility index (Phi) is 5.26. The molecule has 0 saturated carbocycles. The van der Waals surface area contributed by atoms with E-state index in [1.54, 1.807) is 42.9 Å². The quantitative estimate of drug-likeness (QED) is 0.350. The molecule has 2 aromatic carbocycles. The molecule has 3 heterocycles. The molecule has 1 atom stereocenters. The number of nitrogens with one attached hydrogen (secondary N) is 1. The molecule has 0 fully saturated rings. The largest absolute Gasteiger partial charge is 0.868 e. The minimum atomic E-state index is -0.988. The van der Waals surface area contributed by atoms with E-state index < -0.39 is 29.3 Å². The first-order valence-corrected chi connectivity index (χ1v) is 10.6. The Hall–Kier alpha value is -4.20. The zero-order chi connectivity index (χ0) is 22.9. The van der Waals surface area contributed by atoms with Gasteiger partial charge in [-0.2, -0.15) is 0 Å². The molecule has 5 rings (SSSR count). The van der Waals surface area contributed by atoms with E-state index >= 15 is 0 Å². The summed E-state index contributed by atoms with van der Waals surface area (Å²) < 4.78 is 21.6. The number of H-pyrrole nitrogens is 1. The first kappa shape index (κ1) is 20.7. The molecule has 1 amide bonds. The van der Waals surface area contributed by atoms with Crippen molar-refractivity contribution in [1.82, 2.24) is 9.88 Å². The molecule has 33 heavy (non-hydrogen) atoms. The van der Waals surface area contributed by atoms with Crippen molar-refractivity contribution in [3.63, 3.8) is 0 Å². The lowest BCUT2D eigenvalue weighted by Crippen LogP contribution is -2.37. The van der Waals surface area contributed by atoms with Crippen LogP contribution in [-0.2, 0) is 11.3 Å². The maximum absolute atomic E-state index is 14.1. The van der Waals surface area contributed by atoms with Crippen LogP contribution in [0.2, 0.25) is 0 Å². The normalized spacial score (nSPS) is 16.2. The summed E-state index contributed by atoms with van der Waals surface area (Å²) in [4.78, 5) is 30.7. The highest BCUT2D eigenvalue weighted by Gasteiger charge is 2.40. The Morgan fingerprint density at radius 1 is 1.18 bits per heavy atom. The molecule has 166 valence electrons. The number of Topliss-reactive ketones (excluding diaryl/α,β-unsaturated/α-hetero) is 1. The fourth-order valence-electron chi connectivity index (χ4n) is 4.23. The number of rotatable bonds is 7. The van der Waals surface area contributed by atoms with Gasteiger partial charge >= 0.3 is 0 Å². The van der Waals surface area contributed by atoms with Crippen LogP contribution in [0.25, 0.3) is 11.0 Å². The molecule has 7 nitrogen and oxygen atoms in total. The Balaban J connectivity index is 1.51. The number of furan rings is 1. The van der Waals surface area contributed by atoms with Gasteiger partial charge in [0.25, 0.3) is 0 Å². The predicted molar refractivity (Wildman–Crippen MR) is 114 cm³/mol. The number of hydrogen-bond donors (Lipinski definition) is 1. The number of benzene rings is 2. The lowest BCUT2D eigenvalue weighted by molar-refractivity contribution is -0.695. The summed E-state index contributed by atoms with van der Waals surface area (Å²) in [7, 11) is 0. The average molecular weight is 445 g/mol. The number of hydrogen-bond acceptors (Lipinski definition) is 4. The topological polar surface area (TPSA) is 93.2 Å². The van der Waals surface area contributed by atoms with Crippen LogP contribution in [0.15, 0.2) is 89.1 Å². The van der Waals surface area contributed by atoms with Crippen LogP contribution in [-0.4, -0.2) is 28.1 Å². The van der Waals surface area contributed by atoms with Crippen molar-refractivity contribution in [3.05, 3.63) is 102 Å². The van der Waals surface area contributed by atoms with Gasteiger partial charge in [0.15, 0.2) is 5.76 Å². The number of imidazole rings is 1. The van der Waals surface area contributed by atoms with Crippen LogP contribution >= 0.6 is 0 Å². The van der Waals surface area contributed by atoms with Crippen molar-refractivity contribution in [2.45, 2.75) is 19.0 Å². The smallest absolute Gasteiger partial charge is 0.241 e. The van der Waals surface area contributed by atoms with Gasteiger partial charge in [-0.1, -0.05) is 30.3 Å². The van der Waals surface area contributed by atoms with Gasteiger partial charge in [0.1, 0.15) is 23.8 Å². The molecule has 1 aliphatic rings. The lowest BCUT2D eigenvalue weighted by Gasteiger charge is -2.27. The fourth-order valence-corrected chi connectivity index (χ4v) is 4.23. The molecule has 0 radical (unpaired) electrons. The predicted octanol–water partition coefficient (Wildman–Crippen LogP) is 2.66. The van der Waals surface area contributed by atoms with Crippen LogP contribution in [0.3, 0.4) is 0 Å². The van der Waals surface area contributed by atoms with E-state index in [2.05, 4.69) is 4.98 Å². The minimum absolute atomic E-state index is 0.0292. The van der Waals surface area contributed by atoms with Gasteiger partial charge in [-0.3, -0.25) is 14.6 Å². The molecule has 2 aromatic heterocycles. The molecule has 0 bridgehead atoms. The summed E-state index contributed by atoms with van der Waals surface area (Å²) in [6.07, 6.45) is 5.95. The molecular formula is C25H20FN3O4. The third-order valence-electron chi connectivity index (χ3n) is 5.76. The standard InChI is InChI=1S/C25H20FN3O4/c26-18-7-3-6-17(13-18)22-21(23(30)20-14-16-5-1-2-8-19(16)33-20)24(31)25(32)29(22)11-4-10-28-12-9-27-15-28/h1-3,5-9,12-15,22H,4,10-11H2,(H,30,31). The summed E-state index contributed by atoms with van der Waals surface area (Å²) in [5.74, 6) is -2.87. The van der Waals surface area contributed by atoms with Gasteiger partial charge in [0.2, 0.25) is 18.0 Å². The number of para-hydroxylation sites is 1. The summed E-state index contributed by atoms with van der Waals surface area (Å²) >= 11 is 0. The number of amides is 1. The second kappa shape index (κ2) is 8.38. The Morgan fingerprint density at radius 2 is 2.03 bits per heavy atom. The summed E-state index contributed by atoms with van der Waals surface area (Å²) in [5.41, 5.74) is 0.642. The Bertz CT molecular complexity index is 1340. The molecule has 0 saturated heterocycles. The van der Waals surface area contributed by atoms with E-state index in [1.165, 1.54) is 23.1 Å². The van der Waals surface area contributed by atoms with Crippen LogP contribution < -0.4 is 9.67 Å². The highest BCUT2D eigenvalue weighted by molar-refractivity contribution is 6.15. The number of aromatic amines is 1. The number of aryl methyl sites for hydroxylation is 1. The van der Waals surface area contributed by atoms with Crippen LogP contribution in [0, 0.1) is 5.82 Å². The van der Waals surface area contributed by atoms with E-state index in [1.807, 2.05) is 16.8 Å². The van der Waals surface area contributed by atoms with Gasteiger partial charge in [0.05, 0.1) is 12.6 Å². The number of aromatic nitrogens is 2. The lowest BCUT2D eigenvalue weighted by atomic mass is 9.95. The van der Waals surface area contributed by atoms with Crippen molar-refractivity contribution in [2.75, 3.05) is 6.54 Å². The molecule has 1 unspecified atom stereocenters. The molecule has 8 heteroatoms. The highest BCUT2D eigenvalue weighted by Crippen LogP contribution is 2.39. The number of fused-ring (bicyclic) bond motifs is 1. The number of carbonyl (C=O) groups excluding carboxylic acids is 2. The van der Waals surface area contributed by atoms with Gasteiger partial charge < -0.3 is 14.4 Å². The summed E-state index contributed by atoms with van der Waals surface area (Å²) in [6, 6.07) is 13.3. The van der Waals surface area contributed by atoms with Crippen LogP contribution in [0.5, 0.6) is 0 Å². The number of carbonyl (C=O) groups is 2. The van der Waals surface area contributed by atoms with Gasteiger partial charge in [-0.05, 0) is 35.6 Å². The Labute approximate surface area is 188 Å². The zero-order valence-electron chi connectivity index (χ0n) is 17.5.